The van der Waals surface area contributed by atoms with Crippen molar-refractivity contribution in [2.75, 3.05) is 13.1 Å². The third kappa shape index (κ3) is 3.83. The second-order valence-electron chi connectivity index (χ2n) is 4.12. The molecule has 92 valence electrons. The molecular weight excluding hydrogens is 215 g/mol. The fourth-order valence-corrected chi connectivity index (χ4v) is 1.96. The Bertz CT molecular complexity index is 361. The second kappa shape index (κ2) is 7.03. The maximum absolute atomic E-state index is 12.9. The van der Waals surface area contributed by atoms with Crippen LogP contribution in [0.4, 0.5) is 4.39 Å². The molecule has 0 aromatic heterocycles. The minimum Gasteiger partial charge on any atom is -0.284 e. The number of hydrogen-bond donors (Lipinski definition) is 0. The number of benzene rings is 1. The van der Waals surface area contributed by atoms with Crippen molar-refractivity contribution in [1.82, 2.24) is 4.90 Å². The van der Waals surface area contributed by atoms with Crippen molar-refractivity contribution in [3.8, 4) is 6.07 Å². The summed E-state index contributed by atoms with van der Waals surface area (Å²) in [5.41, 5.74) is 0.871. The molecule has 0 aliphatic rings. The number of rotatable bonds is 6. The van der Waals surface area contributed by atoms with Crippen LogP contribution in [0.3, 0.4) is 0 Å². The minimum atomic E-state index is -0.268. The van der Waals surface area contributed by atoms with Gasteiger partial charge in [0, 0.05) is 0 Å². The van der Waals surface area contributed by atoms with Crippen LogP contribution in [-0.2, 0) is 0 Å². The third-order valence-electron chi connectivity index (χ3n) is 2.69. The van der Waals surface area contributed by atoms with E-state index in [1.54, 1.807) is 12.1 Å². The van der Waals surface area contributed by atoms with E-state index in [9.17, 15) is 9.65 Å². The Kier molecular flexibility index (Phi) is 5.65. The van der Waals surface area contributed by atoms with Gasteiger partial charge in [0.2, 0.25) is 0 Å². The van der Waals surface area contributed by atoms with E-state index < -0.39 is 0 Å². The molecule has 0 aliphatic carbocycles. The molecule has 0 radical (unpaired) electrons. The standard InChI is InChI=1S/C14H19FN2/c1-3-9-17(10-4-2)14(11-16)12-5-7-13(15)8-6-12/h5-8,14H,3-4,9-10H2,1-2H3. The van der Waals surface area contributed by atoms with Crippen LogP contribution in [0.1, 0.15) is 38.3 Å². The molecule has 0 amide bonds. The molecule has 0 aliphatic heterocycles. The van der Waals surface area contributed by atoms with E-state index in [-0.39, 0.29) is 11.9 Å². The van der Waals surface area contributed by atoms with E-state index in [4.69, 9.17) is 0 Å². The number of halogens is 1. The summed E-state index contributed by atoms with van der Waals surface area (Å²) in [6, 6.07) is 8.26. The molecule has 0 spiro atoms. The van der Waals surface area contributed by atoms with Crippen LogP contribution in [-0.4, -0.2) is 18.0 Å². The quantitative estimate of drug-likeness (QED) is 0.753. The van der Waals surface area contributed by atoms with Crippen molar-refractivity contribution in [3.05, 3.63) is 35.6 Å². The van der Waals surface area contributed by atoms with Gasteiger partial charge in [0.1, 0.15) is 11.9 Å². The highest BCUT2D eigenvalue weighted by Crippen LogP contribution is 2.20. The van der Waals surface area contributed by atoms with Crippen molar-refractivity contribution in [3.63, 3.8) is 0 Å². The lowest BCUT2D eigenvalue weighted by molar-refractivity contribution is 0.236. The highest BCUT2D eigenvalue weighted by atomic mass is 19.1. The predicted molar refractivity (Wildman–Crippen MR) is 66.9 cm³/mol. The van der Waals surface area contributed by atoms with Gasteiger partial charge in [-0.2, -0.15) is 5.26 Å². The van der Waals surface area contributed by atoms with Crippen LogP contribution in [0.25, 0.3) is 0 Å². The normalized spacial score (nSPS) is 12.4. The van der Waals surface area contributed by atoms with Crippen molar-refractivity contribution in [1.29, 1.82) is 5.26 Å². The van der Waals surface area contributed by atoms with Crippen molar-refractivity contribution in [2.24, 2.45) is 0 Å². The van der Waals surface area contributed by atoms with Gasteiger partial charge >= 0.3 is 0 Å². The van der Waals surface area contributed by atoms with E-state index >= 15 is 0 Å². The molecule has 2 nitrogen and oxygen atoms in total. The van der Waals surface area contributed by atoms with Crippen molar-refractivity contribution < 1.29 is 4.39 Å². The molecule has 0 heterocycles. The van der Waals surface area contributed by atoms with Crippen LogP contribution in [0, 0.1) is 17.1 Å². The van der Waals surface area contributed by atoms with Gasteiger partial charge in [-0.3, -0.25) is 4.90 Å². The highest BCUT2D eigenvalue weighted by molar-refractivity contribution is 5.24. The zero-order valence-corrected chi connectivity index (χ0v) is 10.5. The number of hydrogen-bond acceptors (Lipinski definition) is 2. The molecule has 1 rings (SSSR count). The van der Waals surface area contributed by atoms with Crippen LogP contribution >= 0.6 is 0 Å². The Morgan fingerprint density at radius 2 is 1.71 bits per heavy atom. The lowest BCUT2D eigenvalue weighted by atomic mass is 10.1. The molecule has 1 atom stereocenters. The molecule has 0 saturated heterocycles. The maximum Gasteiger partial charge on any atom is 0.123 e. The predicted octanol–water partition coefficient (Wildman–Crippen LogP) is 3.51. The fraction of sp³-hybridized carbons (Fsp3) is 0.500. The Balaban J connectivity index is 2.88. The minimum absolute atomic E-state index is 0.261. The van der Waals surface area contributed by atoms with E-state index in [1.165, 1.54) is 12.1 Å². The first kappa shape index (κ1) is 13.7. The summed E-state index contributed by atoms with van der Waals surface area (Å²) in [5.74, 6) is -0.261. The Hall–Kier alpha value is -1.40. The third-order valence-corrected chi connectivity index (χ3v) is 2.69. The molecular formula is C14H19FN2. The van der Waals surface area contributed by atoms with Crippen LogP contribution in [0.5, 0.6) is 0 Å². The van der Waals surface area contributed by atoms with Gasteiger partial charge in [0.15, 0.2) is 0 Å². The van der Waals surface area contributed by atoms with E-state index in [0.717, 1.165) is 31.5 Å². The summed E-state index contributed by atoms with van der Waals surface area (Å²) in [6.07, 6.45) is 2.03. The number of nitriles is 1. The average molecular weight is 234 g/mol. The van der Waals surface area contributed by atoms with E-state index in [2.05, 4.69) is 24.8 Å². The van der Waals surface area contributed by atoms with Crippen LogP contribution in [0.15, 0.2) is 24.3 Å². The van der Waals surface area contributed by atoms with Crippen molar-refractivity contribution >= 4 is 0 Å². The van der Waals surface area contributed by atoms with Gasteiger partial charge in [-0.25, -0.2) is 4.39 Å². The summed E-state index contributed by atoms with van der Waals surface area (Å²) in [5, 5.41) is 9.29. The SMILES string of the molecule is CCCN(CCC)C(C#N)c1ccc(F)cc1. The molecule has 0 fully saturated rings. The molecule has 1 aromatic rings. The molecule has 1 unspecified atom stereocenters. The summed E-state index contributed by atoms with van der Waals surface area (Å²) in [7, 11) is 0. The Morgan fingerprint density at radius 1 is 1.18 bits per heavy atom. The zero-order valence-electron chi connectivity index (χ0n) is 10.5. The summed E-state index contributed by atoms with van der Waals surface area (Å²) in [4.78, 5) is 2.15. The van der Waals surface area contributed by atoms with Gasteiger partial charge < -0.3 is 0 Å². The smallest absolute Gasteiger partial charge is 0.123 e. The molecule has 3 heteroatoms. The summed E-state index contributed by atoms with van der Waals surface area (Å²) < 4.78 is 12.9. The average Bonchev–Trinajstić information content (AvgIpc) is 2.33. The van der Waals surface area contributed by atoms with Crippen LogP contribution < -0.4 is 0 Å². The first-order chi connectivity index (χ1) is 8.22. The fourth-order valence-electron chi connectivity index (χ4n) is 1.96. The second-order valence-corrected chi connectivity index (χ2v) is 4.12. The Morgan fingerprint density at radius 3 is 2.12 bits per heavy atom. The Labute approximate surface area is 103 Å². The number of nitrogens with zero attached hydrogens (tertiary/aromatic N) is 2. The molecule has 17 heavy (non-hydrogen) atoms. The largest absolute Gasteiger partial charge is 0.284 e. The van der Waals surface area contributed by atoms with E-state index in [1.807, 2.05) is 0 Å². The topological polar surface area (TPSA) is 27.0 Å². The van der Waals surface area contributed by atoms with Crippen molar-refractivity contribution in [2.45, 2.75) is 32.7 Å². The highest BCUT2D eigenvalue weighted by Gasteiger charge is 2.18. The summed E-state index contributed by atoms with van der Waals surface area (Å²) in [6.45, 7) is 5.98. The van der Waals surface area contributed by atoms with E-state index in [0.29, 0.717) is 0 Å². The van der Waals surface area contributed by atoms with Crippen LogP contribution in [0.2, 0.25) is 0 Å². The zero-order chi connectivity index (χ0) is 12.7. The molecule has 0 N–H and O–H groups in total. The molecule has 0 saturated carbocycles. The van der Waals surface area contributed by atoms with Gasteiger partial charge in [0.05, 0.1) is 6.07 Å². The summed E-state index contributed by atoms with van der Waals surface area (Å²) >= 11 is 0. The maximum atomic E-state index is 12.9. The lowest BCUT2D eigenvalue weighted by Gasteiger charge is -2.26. The van der Waals surface area contributed by atoms with Gasteiger partial charge in [-0.05, 0) is 43.6 Å². The van der Waals surface area contributed by atoms with Gasteiger partial charge in [0.25, 0.3) is 0 Å². The first-order valence-electron chi connectivity index (χ1n) is 6.12. The van der Waals surface area contributed by atoms with Gasteiger partial charge in [-0.1, -0.05) is 26.0 Å². The molecule has 1 aromatic carbocycles. The lowest BCUT2D eigenvalue weighted by Crippen LogP contribution is -2.29. The monoisotopic (exact) mass is 234 g/mol. The first-order valence-corrected chi connectivity index (χ1v) is 6.12. The molecule has 0 bridgehead atoms. The van der Waals surface area contributed by atoms with Gasteiger partial charge in [-0.15, -0.1) is 0 Å².